The fraction of sp³-hybridized carbons (Fsp3) is 0.583. The zero-order chi connectivity index (χ0) is 14.5. The van der Waals surface area contributed by atoms with Gasteiger partial charge in [-0.2, -0.15) is 4.31 Å². The van der Waals surface area contributed by atoms with E-state index < -0.39 is 10.0 Å². The van der Waals surface area contributed by atoms with Gasteiger partial charge in [0.2, 0.25) is 10.0 Å². The van der Waals surface area contributed by atoms with Gasteiger partial charge in [0.25, 0.3) is 0 Å². The zero-order valence-electron chi connectivity index (χ0n) is 11.0. The van der Waals surface area contributed by atoms with Crippen LogP contribution >= 0.6 is 31.9 Å². The standard InChI is InChI=1S/C12H18Br2N2O2S/c1-3-11(4-2)16(6-5-13)19(17,18)12-7-10(14)8-15-9-12/h7-9,11H,3-6H2,1-2H3. The predicted octanol–water partition coefficient (Wildman–Crippen LogP) is 3.42. The second kappa shape index (κ2) is 7.71. The van der Waals surface area contributed by atoms with Crippen molar-refractivity contribution < 1.29 is 8.42 Å². The lowest BCUT2D eigenvalue weighted by atomic mass is 10.2. The third kappa shape index (κ3) is 4.24. The fourth-order valence-electron chi connectivity index (χ4n) is 1.95. The first kappa shape index (κ1) is 17.1. The van der Waals surface area contributed by atoms with Crippen LogP contribution in [0.25, 0.3) is 0 Å². The number of sulfonamides is 1. The average molecular weight is 414 g/mol. The molecule has 4 nitrogen and oxygen atoms in total. The molecule has 0 unspecified atom stereocenters. The molecule has 0 saturated carbocycles. The lowest BCUT2D eigenvalue weighted by molar-refractivity contribution is 0.317. The minimum absolute atomic E-state index is 0.0153. The molecule has 0 spiro atoms. The molecule has 0 amide bonds. The summed E-state index contributed by atoms with van der Waals surface area (Å²) >= 11 is 6.58. The smallest absolute Gasteiger partial charge is 0.244 e. The zero-order valence-corrected chi connectivity index (χ0v) is 15.0. The van der Waals surface area contributed by atoms with E-state index in [1.807, 2.05) is 13.8 Å². The van der Waals surface area contributed by atoms with Crippen LogP contribution in [0.2, 0.25) is 0 Å². The maximum atomic E-state index is 12.7. The molecule has 0 aromatic carbocycles. The summed E-state index contributed by atoms with van der Waals surface area (Å²) in [5, 5.41) is 0.615. The molecule has 0 bridgehead atoms. The van der Waals surface area contributed by atoms with Crippen molar-refractivity contribution in [3.63, 3.8) is 0 Å². The molecule has 0 atom stereocenters. The van der Waals surface area contributed by atoms with Crippen molar-refractivity contribution in [1.29, 1.82) is 0 Å². The summed E-state index contributed by atoms with van der Waals surface area (Å²) in [5.74, 6) is 0. The summed E-state index contributed by atoms with van der Waals surface area (Å²) in [5.41, 5.74) is 0. The second-order valence-electron chi connectivity index (χ2n) is 4.11. The van der Waals surface area contributed by atoms with Crippen molar-refractivity contribution >= 4 is 41.9 Å². The van der Waals surface area contributed by atoms with Gasteiger partial charge in [-0.25, -0.2) is 8.42 Å². The molecule has 0 aliphatic heterocycles. The normalized spacial score (nSPS) is 12.3. The van der Waals surface area contributed by atoms with E-state index in [2.05, 4.69) is 36.8 Å². The molecule has 0 aliphatic carbocycles. The molecule has 0 N–H and O–H groups in total. The third-order valence-electron chi connectivity index (χ3n) is 2.94. The number of alkyl halides is 1. The summed E-state index contributed by atoms with van der Waals surface area (Å²) < 4.78 is 27.6. The molecule has 7 heteroatoms. The van der Waals surface area contributed by atoms with Gasteiger partial charge < -0.3 is 0 Å². The Morgan fingerprint density at radius 1 is 1.32 bits per heavy atom. The van der Waals surface area contributed by atoms with Gasteiger partial charge in [0.1, 0.15) is 4.90 Å². The van der Waals surface area contributed by atoms with Crippen molar-refractivity contribution in [1.82, 2.24) is 9.29 Å². The number of hydrogen-bond donors (Lipinski definition) is 0. The highest BCUT2D eigenvalue weighted by atomic mass is 79.9. The summed E-state index contributed by atoms with van der Waals surface area (Å²) in [6, 6.07) is 1.60. The van der Waals surface area contributed by atoms with Crippen LogP contribution in [0.3, 0.4) is 0 Å². The molecular weight excluding hydrogens is 396 g/mol. The SMILES string of the molecule is CCC(CC)N(CCBr)S(=O)(=O)c1cncc(Br)c1. The first-order valence-corrected chi connectivity index (χ1v) is 9.51. The highest BCUT2D eigenvalue weighted by Crippen LogP contribution is 2.23. The third-order valence-corrected chi connectivity index (χ3v) is 5.65. The predicted molar refractivity (Wildman–Crippen MR) is 84.0 cm³/mol. The van der Waals surface area contributed by atoms with E-state index in [9.17, 15) is 8.42 Å². The quantitative estimate of drug-likeness (QED) is 0.643. The van der Waals surface area contributed by atoms with Gasteiger partial charge in [-0.1, -0.05) is 29.8 Å². The lowest BCUT2D eigenvalue weighted by Gasteiger charge is -2.28. The van der Waals surface area contributed by atoms with Gasteiger partial charge in [-0.15, -0.1) is 0 Å². The number of hydrogen-bond acceptors (Lipinski definition) is 3. The number of aromatic nitrogens is 1. The van der Waals surface area contributed by atoms with Crippen molar-refractivity contribution in [3.05, 3.63) is 22.9 Å². The topological polar surface area (TPSA) is 50.3 Å². The van der Waals surface area contributed by atoms with Gasteiger partial charge in [-0.05, 0) is 34.8 Å². The Bertz CT molecular complexity index is 504. The molecule has 0 saturated heterocycles. The highest BCUT2D eigenvalue weighted by Gasteiger charge is 2.29. The Labute approximate surface area is 131 Å². The molecule has 108 valence electrons. The molecule has 0 radical (unpaired) electrons. The molecule has 0 aliphatic rings. The Kier molecular flexibility index (Phi) is 6.93. The van der Waals surface area contributed by atoms with Gasteiger partial charge in [-0.3, -0.25) is 4.98 Å². The molecule has 0 fully saturated rings. The van der Waals surface area contributed by atoms with Crippen LogP contribution < -0.4 is 0 Å². The lowest BCUT2D eigenvalue weighted by Crippen LogP contribution is -2.40. The van der Waals surface area contributed by atoms with Gasteiger partial charge in [0, 0.05) is 34.8 Å². The van der Waals surface area contributed by atoms with E-state index in [1.165, 1.54) is 6.20 Å². The summed E-state index contributed by atoms with van der Waals surface area (Å²) in [6.45, 7) is 4.47. The number of halogens is 2. The van der Waals surface area contributed by atoms with Crippen LogP contribution in [0.4, 0.5) is 0 Å². The van der Waals surface area contributed by atoms with Crippen molar-refractivity contribution in [2.45, 2.75) is 37.6 Å². The van der Waals surface area contributed by atoms with Gasteiger partial charge in [0.05, 0.1) is 0 Å². The Balaban J connectivity index is 3.19. The van der Waals surface area contributed by atoms with E-state index in [0.717, 1.165) is 12.8 Å². The maximum Gasteiger partial charge on any atom is 0.244 e. The second-order valence-corrected chi connectivity index (χ2v) is 7.71. The highest BCUT2D eigenvalue weighted by molar-refractivity contribution is 9.10. The minimum atomic E-state index is -3.50. The number of nitrogens with zero attached hydrogens (tertiary/aromatic N) is 2. The Morgan fingerprint density at radius 2 is 1.95 bits per heavy atom. The van der Waals surface area contributed by atoms with Crippen molar-refractivity contribution in [3.8, 4) is 0 Å². The monoisotopic (exact) mass is 412 g/mol. The van der Waals surface area contributed by atoms with Gasteiger partial charge >= 0.3 is 0 Å². The average Bonchev–Trinajstić information content (AvgIpc) is 2.39. The van der Waals surface area contributed by atoms with Crippen LogP contribution in [0.15, 0.2) is 27.8 Å². The van der Waals surface area contributed by atoms with E-state index >= 15 is 0 Å². The largest absolute Gasteiger partial charge is 0.262 e. The fourth-order valence-corrected chi connectivity index (χ4v) is 4.84. The maximum absolute atomic E-state index is 12.7. The van der Waals surface area contributed by atoms with Gasteiger partial charge in [0.15, 0.2) is 0 Å². The molecule has 1 rings (SSSR count). The van der Waals surface area contributed by atoms with Crippen LogP contribution in [0.5, 0.6) is 0 Å². The molecule has 19 heavy (non-hydrogen) atoms. The Morgan fingerprint density at radius 3 is 2.42 bits per heavy atom. The number of pyridine rings is 1. The van der Waals surface area contributed by atoms with E-state index in [4.69, 9.17) is 0 Å². The number of rotatable bonds is 7. The van der Waals surface area contributed by atoms with Crippen LogP contribution in [0.1, 0.15) is 26.7 Å². The van der Waals surface area contributed by atoms with Crippen molar-refractivity contribution in [2.24, 2.45) is 0 Å². The molecule has 1 aromatic rings. The first-order valence-electron chi connectivity index (χ1n) is 6.15. The summed E-state index contributed by atoms with van der Waals surface area (Å²) in [4.78, 5) is 4.17. The summed E-state index contributed by atoms with van der Waals surface area (Å²) in [6.07, 6.45) is 4.56. The van der Waals surface area contributed by atoms with Crippen LogP contribution in [-0.4, -0.2) is 35.6 Å². The van der Waals surface area contributed by atoms with Crippen LogP contribution in [0, 0.1) is 0 Å². The molecule has 1 aromatic heterocycles. The molecular formula is C12H18Br2N2O2S. The van der Waals surface area contributed by atoms with E-state index in [-0.39, 0.29) is 10.9 Å². The van der Waals surface area contributed by atoms with E-state index in [1.54, 1.807) is 16.6 Å². The minimum Gasteiger partial charge on any atom is -0.262 e. The van der Waals surface area contributed by atoms with E-state index in [0.29, 0.717) is 16.3 Å². The Hall–Kier alpha value is 0.0200. The molecule has 1 heterocycles. The van der Waals surface area contributed by atoms with Crippen LogP contribution in [-0.2, 0) is 10.0 Å². The van der Waals surface area contributed by atoms with Crippen molar-refractivity contribution in [2.75, 3.05) is 11.9 Å². The summed E-state index contributed by atoms with van der Waals surface area (Å²) in [7, 11) is -3.50. The first-order chi connectivity index (χ1) is 8.97.